The van der Waals surface area contributed by atoms with Crippen molar-refractivity contribution in [2.24, 2.45) is 0 Å². The number of alkyl halides is 1. The summed E-state index contributed by atoms with van der Waals surface area (Å²) in [7, 11) is 0. The summed E-state index contributed by atoms with van der Waals surface area (Å²) < 4.78 is 2.48. The standard InChI is InChI=1S/C56H38N2.C14H15N.C14H14.CH3I/c1-36-12-9-10-31-57(43-15-3-2-4-16-43)52-28-24-41(33-49(36)52)42-25-29-55-51(35-42)45-17-7-8-20-53(45)58(55)54-30-27-47-44-26-23-40(34-50(44)46-18-11-19-48(54)56(46)47)39-22-21-37-13-5-6-14-38(37)32-39;1-5-12(3)15(13(4)6-2)14-10-8-7-9-11-14;1-3-6-12-10-9-11(2)13-7-4-5-8-14(12)13;1-2/h2-9,11-30,32-35H,1,10,31H2;5-11H,1-4H2;3-5,7-10H,1,6H2,2H3;1H3/b12-9-;;;. The average Bonchev–Trinajstić information content (AvgIpc) is 1.58. The predicted octanol–water partition coefficient (Wildman–Crippen LogP) is 24.0. The fraction of sp³-hybridized carbons (Fsp3) is 0.0588. The Morgan fingerprint density at radius 1 is 0.472 bits per heavy atom. The molecule has 1 aliphatic heterocycles. The molecule has 0 atom stereocenters. The lowest BCUT2D eigenvalue weighted by Crippen LogP contribution is -2.20. The summed E-state index contributed by atoms with van der Waals surface area (Å²) in [5, 5.41) is 10.3. The Morgan fingerprint density at radius 3 is 1.80 bits per heavy atom. The van der Waals surface area contributed by atoms with Crippen LogP contribution in [0, 0.1) is 6.92 Å². The van der Waals surface area contributed by atoms with Crippen molar-refractivity contribution in [2.75, 3.05) is 21.3 Å². The van der Waals surface area contributed by atoms with E-state index in [4.69, 9.17) is 0 Å². The van der Waals surface area contributed by atoms with Gasteiger partial charge in [-0.15, -0.1) is 6.58 Å². The number of rotatable bonds is 11. The van der Waals surface area contributed by atoms with E-state index < -0.39 is 0 Å². The lowest BCUT2D eigenvalue weighted by molar-refractivity contribution is 0.936. The zero-order valence-corrected chi connectivity index (χ0v) is 52.8. The number of allylic oxidation sites excluding steroid dienone is 5. The highest BCUT2D eigenvalue weighted by Crippen LogP contribution is 2.51. The fourth-order valence-corrected chi connectivity index (χ4v) is 12.8. The number of fused-ring (bicyclic) bond motifs is 9. The predicted molar refractivity (Wildman–Crippen MR) is 397 cm³/mol. The Labute approximate surface area is 538 Å². The molecule has 13 aromatic rings. The molecular formula is C85H70IN3. The molecule has 1 aliphatic carbocycles. The lowest BCUT2D eigenvalue weighted by atomic mass is 9.95. The fourth-order valence-electron chi connectivity index (χ4n) is 12.8. The molecule has 0 amide bonds. The number of benzene rings is 12. The first kappa shape index (κ1) is 59.1. The largest absolute Gasteiger partial charge is 0.341 e. The molecule has 2 aliphatic rings. The molecule has 89 heavy (non-hydrogen) atoms. The van der Waals surface area contributed by atoms with Gasteiger partial charge in [0.1, 0.15) is 0 Å². The summed E-state index contributed by atoms with van der Waals surface area (Å²) in [6, 6.07) is 90.2. The van der Waals surface area contributed by atoms with Gasteiger partial charge < -0.3 is 14.4 Å². The number of nitrogens with zero attached hydrogens (tertiary/aromatic N) is 3. The van der Waals surface area contributed by atoms with Gasteiger partial charge in [0, 0.05) is 56.7 Å². The van der Waals surface area contributed by atoms with Gasteiger partial charge in [-0.1, -0.05) is 250 Å². The van der Waals surface area contributed by atoms with E-state index in [1.165, 1.54) is 127 Å². The molecule has 0 N–H and O–H groups in total. The number of halogens is 1. The quantitative estimate of drug-likeness (QED) is 0.0553. The number of hydrogen-bond acceptors (Lipinski definition) is 2. The second-order valence-corrected chi connectivity index (χ2v) is 22.3. The first-order valence-corrected chi connectivity index (χ1v) is 32.4. The molecule has 0 radical (unpaired) electrons. The van der Waals surface area contributed by atoms with E-state index in [2.05, 4.69) is 309 Å². The van der Waals surface area contributed by atoms with Gasteiger partial charge in [-0.2, -0.15) is 0 Å². The van der Waals surface area contributed by atoms with Gasteiger partial charge in [0.25, 0.3) is 0 Å². The van der Waals surface area contributed by atoms with Crippen molar-refractivity contribution in [1.29, 1.82) is 0 Å². The van der Waals surface area contributed by atoms with E-state index in [9.17, 15) is 0 Å². The van der Waals surface area contributed by atoms with Crippen molar-refractivity contribution in [1.82, 2.24) is 4.57 Å². The number of hydrogen-bond donors (Lipinski definition) is 0. The number of anilines is 3. The molecule has 0 saturated carbocycles. The van der Waals surface area contributed by atoms with Crippen LogP contribution >= 0.6 is 22.6 Å². The smallest absolute Gasteiger partial charge is 0.0541 e. The van der Waals surface area contributed by atoms with E-state index in [0.29, 0.717) is 0 Å². The Kier molecular flexibility index (Phi) is 17.5. The van der Waals surface area contributed by atoms with Crippen molar-refractivity contribution in [3.05, 3.63) is 347 Å². The van der Waals surface area contributed by atoms with Crippen molar-refractivity contribution < 1.29 is 0 Å². The maximum atomic E-state index is 4.51. The molecule has 12 aromatic carbocycles. The van der Waals surface area contributed by atoms with Crippen LogP contribution in [0.5, 0.6) is 0 Å². The lowest BCUT2D eigenvalue weighted by Gasteiger charge is -2.29. The molecule has 15 rings (SSSR count). The summed E-state index contributed by atoms with van der Waals surface area (Å²) in [5.74, 6) is 0. The number of para-hydroxylation sites is 3. The Balaban J connectivity index is 0.000000203. The third-order valence-electron chi connectivity index (χ3n) is 17.1. The van der Waals surface area contributed by atoms with Gasteiger partial charge in [0.15, 0.2) is 0 Å². The van der Waals surface area contributed by atoms with Gasteiger partial charge in [-0.3, -0.25) is 0 Å². The van der Waals surface area contributed by atoms with Crippen molar-refractivity contribution in [2.45, 2.75) is 19.8 Å². The van der Waals surface area contributed by atoms with Gasteiger partial charge >= 0.3 is 0 Å². The maximum Gasteiger partial charge on any atom is 0.0541 e. The summed E-state index contributed by atoms with van der Waals surface area (Å²) >= 11 is 2.15. The second kappa shape index (κ2) is 26.4. The Morgan fingerprint density at radius 2 is 1.04 bits per heavy atom. The van der Waals surface area contributed by atoms with Crippen LogP contribution in [0.3, 0.4) is 0 Å². The number of aryl methyl sites for hydroxylation is 1. The average molecular weight is 1260 g/mol. The summed E-state index contributed by atoms with van der Waals surface area (Å²) in [5.41, 5.74) is 23.6. The minimum atomic E-state index is 0.783. The zero-order valence-electron chi connectivity index (χ0n) is 50.6. The summed E-state index contributed by atoms with van der Waals surface area (Å²) in [4.78, 5) is 6.29. The van der Waals surface area contributed by atoms with E-state index in [-0.39, 0.29) is 0 Å². The normalized spacial score (nSPS) is 12.3. The van der Waals surface area contributed by atoms with Crippen LogP contribution in [0.4, 0.5) is 17.1 Å². The molecular weight excluding hydrogens is 1190 g/mol. The van der Waals surface area contributed by atoms with Gasteiger partial charge in [0.2, 0.25) is 0 Å². The van der Waals surface area contributed by atoms with Crippen LogP contribution < -0.4 is 9.80 Å². The van der Waals surface area contributed by atoms with Crippen molar-refractivity contribution in [3.8, 4) is 50.2 Å². The van der Waals surface area contributed by atoms with Gasteiger partial charge in [-0.25, -0.2) is 0 Å². The van der Waals surface area contributed by atoms with Gasteiger partial charge in [-0.05, 0) is 198 Å². The molecule has 432 valence electrons. The third-order valence-corrected chi connectivity index (χ3v) is 17.1. The highest BCUT2D eigenvalue weighted by atomic mass is 127. The van der Waals surface area contributed by atoms with Crippen LogP contribution in [-0.2, 0) is 6.42 Å². The molecule has 0 unspecified atom stereocenters. The van der Waals surface area contributed by atoms with Crippen LogP contribution in [0.1, 0.15) is 23.1 Å². The molecule has 4 heteroatoms. The SMILES string of the molecule is C=C1/C=C\CCN(c2ccccc2)c2ccc(-c3ccc4c(c3)c3ccccc3n4-c3ccc4c5c(cccc35)-c3cc(-c5ccc6ccccc6c5)ccc3-4)cc21.C=CC(=C)N(C(=C)C=C)c1ccccc1.C=CCc1ccc(C)c2ccccc12.CI. The highest BCUT2D eigenvalue weighted by molar-refractivity contribution is 14.1. The first-order valence-electron chi connectivity index (χ1n) is 30.2. The maximum absolute atomic E-state index is 4.51. The summed E-state index contributed by atoms with van der Waals surface area (Å²) in [6.45, 7) is 26.6. The molecule has 2 heterocycles. The monoisotopic (exact) mass is 1260 g/mol. The highest BCUT2D eigenvalue weighted by Gasteiger charge is 2.25. The van der Waals surface area contributed by atoms with E-state index in [1.807, 2.05) is 46.2 Å². The molecule has 1 aromatic heterocycles. The molecule has 0 fully saturated rings. The molecule has 3 nitrogen and oxygen atoms in total. The number of aromatic nitrogens is 1. The van der Waals surface area contributed by atoms with E-state index in [1.54, 1.807) is 12.2 Å². The van der Waals surface area contributed by atoms with Crippen LogP contribution in [0.2, 0.25) is 0 Å². The van der Waals surface area contributed by atoms with Crippen LogP contribution in [-0.4, -0.2) is 16.0 Å². The van der Waals surface area contributed by atoms with E-state index in [0.717, 1.165) is 47.6 Å². The minimum absolute atomic E-state index is 0.783. The Hall–Kier alpha value is -10.3. The first-order chi connectivity index (χ1) is 43.7. The van der Waals surface area contributed by atoms with E-state index >= 15 is 0 Å². The topological polar surface area (TPSA) is 11.4 Å². The minimum Gasteiger partial charge on any atom is -0.341 e. The van der Waals surface area contributed by atoms with Crippen molar-refractivity contribution in [3.63, 3.8) is 0 Å². The van der Waals surface area contributed by atoms with Crippen LogP contribution in [0.15, 0.2) is 330 Å². The zero-order chi connectivity index (χ0) is 61.5. The molecule has 0 bridgehead atoms. The Bertz CT molecular complexity index is 4900. The molecule has 0 saturated heterocycles. The third kappa shape index (κ3) is 11.5. The van der Waals surface area contributed by atoms with Crippen molar-refractivity contribution >= 4 is 99.3 Å². The van der Waals surface area contributed by atoms with Crippen LogP contribution in [0.25, 0.3) is 110 Å². The second-order valence-electron chi connectivity index (χ2n) is 22.3. The van der Waals surface area contributed by atoms with Gasteiger partial charge in [0.05, 0.1) is 16.7 Å². The summed E-state index contributed by atoms with van der Waals surface area (Å²) in [6.07, 6.45) is 11.7. The molecule has 0 spiro atoms.